The zero-order valence-electron chi connectivity index (χ0n) is 9.60. The van der Waals surface area contributed by atoms with Crippen LogP contribution in [-0.2, 0) is 0 Å². The highest BCUT2D eigenvalue weighted by Gasteiger charge is 2.09. The third kappa shape index (κ3) is 2.04. The second-order valence-corrected chi connectivity index (χ2v) is 3.82. The van der Waals surface area contributed by atoms with Crippen molar-refractivity contribution in [2.45, 2.75) is 6.92 Å². The van der Waals surface area contributed by atoms with Crippen molar-refractivity contribution in [2.24, 2.45) is 5.18 Å². The number of pyridine rings is 1. The zero-order valence-corrected chi connectivity index (χ0v) is 9.60. The lowest BCUT2D eigenvalue weighted by atomic mass is 10.0. The van der Waals surface area contributed by atoms with E-state index in [2.05, 4.69) is 10.2 Å². The summed E-state index contributed by atoms with van der Waals surface area (Å²) in [5.41, 5.74) is 1.88. The van der Waals surface area contributed by atoms with E-state index in [9.17, 15) is 9.70 Å². The Labute approximate surface area is 103 Å². The second kappa shape index (κ2) is 4.63. The summed E-state index contributed by atoms with van der Waals surface area (Å²) in [5, 5.41) is 11.8. The average molecular weight is 239 g/mol. The topological polar surface area (TPSA) is 86.1 Å². The number of nitriles is 1. The van der Waals surface area contributed by atoms with Gasteiger partial charge < -0.3 is 4.98 Å². The molecule has 5 heteroatoms. The molecule has 2 rings (SSSR count). The van der Waals surface area contributed by atoms with Crippen LogP contribution in [0.25, 0.3) is 11.1 Å². The van der Waals surface area contributed by atoms with Gasteiger partial charge in [-0.1, -0.05) is 12.1 Å². The van der Waals surface area contributed by atoms with Crippen molar-refractivity contribution in [3.8, 4) is 17.2 Å². The fourth-order valence-corrected chi connectivity index (χ4v) is 1.73. The molecule has 1 heterocycles. The van der Waals surface area contributed by atoms with Crippen LogP contribution in [0.2, 0.25) is 0 Å². The zero-order chi connectivity index (χ0) is 13.1. The lowest BCUT2D eigenvalue weighted by molar-refractivity contribution is 1.13. The summed E-state index contributed by atoms with van der Waals surface area (Å²) in [4.78, 5) is 24.5. The lowest BCUT2D eigenvalue weighted by Crippen LogP contribution is -2.12. The van der Waals surface area contributed by atoms with Gasteiger partial charge in [0.2, 0.25) is 0 Å². The van der Waals surface area contributed by atoms with Gasteiger partial charge in [-0.3, -0.25) is 4.79 Å². The summed E-state index contributed by atoms with van der Waals surface area (Å²) in [7, 11) is 0. The first-order chi connectivity index (χ1) is 8.65. The Hall–Kier alpha value is -2.74. The van der Waals surface area contributed by atoms with Crippen molar-refractivity contribution >= 4 is 5.69 Å². The molecule has 18 heavy (non-hydrogen) atoms. The Morgan fingerprint density at radius 3 is 2.50 bits per heavy atom. The van der Waals surface area contributed by atoms with Crippen molar-refractivity contribution in [3.05, 3.63) is 56.9 Å². The lowest BCUT2D eigenvalue weighted by Gasteiger charge is -2.05. The molecule has 1 aromatic carbocycles. The number of benzene rings is 1. The van der Waals surface area contributed by atoms with Crippen LogP contribution < -0.4 is 5.56 Å². The van der Waals surface area contributed by atoms with Crippen molar-refractivity contribution < 1.29 is 0 Å². The maximum Gasteiger partial charge on any atom is 0.266 e. The maximum absolute atomic E-state index is 11.6. The highest BCUT2D eigenvalue weighted by molar-refractivity contribution is 5.71. The van der Waals surface area contributed by atoms with Gasteiger partial charge >= 0.3 is 0 Å². The average Bonchev–Trinajstić information content (AvgIpc) is 2.38. The fraction of sp³-hybridized carbons (Fsp3) is 0.0769. The molecule has 0 aliphatic rings. The molecule has 5 nitrogen and oxygen atoms in total. The third-order valence-corrected chi connectivity index (χ3v) is 2.56. The summed E-state index contributed by atoms with van der Waals surface area (Å²) < 4.78 is 0. The van der Waals surface area contributed by atoms with Crippen LogP contribution >= 0.6 is 0 Å². The molecule has 0 saturated carbocycles. The highest BCUT2D eigenvalue weighted by atomic mass is 16.3. The summed E-state index contributed by atoms with van der Waals surface area (Å²) in [6.07, 6.45) is 0. The third-order valence-electron chi connectivity index (χ3n) is 2.56. The van der Waals surface area contributed by atoms with Crippen molar-refractivity contribution in [3.63, 3.8) is 0 Å². The van der Waals surface area contributed by atoms with E-state index in [1.807, 2.05) is 6.07 Å². The minimum Gasteiger partial charge on any atom is -0.325 e. The van der Waals surface area contributed by atoms with E-state index in [-0.39, 0.29) is 5.56 Å². The molecule has 1 aromatic heterocycles. The van der Waals surface area contributed by atoms with E-state index in [1.165, 1.54) is 0 Å². The minimum atomic E-state index is -0.412. The molecule has 0 amide bonds. The summed E-state index contributed by atoms with van der Waals surface area (Å²) in [6, 6.07) is 10.0. The SMILES string of the molecule is Cc1cc(-c2ccc(N=O)cc2)c(C#N)c(=O)[nH]1. The molecule has 0 aliphatic carbocycles. The largest absolute Gasteiger partial charge is 0.325 e. The number of nitroso groups, excluding NO2 is 1. The molecule has 88 valence electrons. The number of aryl methyl sites for hydroxylation is 1. The first-order valence-electron chi connectivity index (χ1n) is 5.23. The molecule has 0 unspecified atom stereocenters. The quantitative estimate of drug-likeness (QED) is 0.817. The van der Waals surface area contributed by atoms with Gasteiger partial charge in [-0.05, 0) is 35.9 Å². The number of H-pyrrole nitrogens is 1. The van der Waals surface area contributed by atoms with E-state index in [0.717, 1.165) is 0 Å². The predicted octanol–water partition coefficient (Wildman–Crippen LogP) is 2.62. The van der Waals surface area contributed by atoms with Gasteiger partial charge in [-0.15, -0.1) is 4.91 Å². The number of rotatable bonds is 2. The van der Waals surface area contributed by atoms with E-state index in [4.69, 9.17) is 5.26 Å². The molecule has 0 aliphatic heterocycles. The van der Waals surface area contributed by atoms with Crippen LogP contribution in [0.3, 0.4) is 0 Å². The maximum atomic E-state index is 11.6. The number of aromatic amines is 1. The normalized spacial score (nSPS) is 9.78. The highest BCUT2D eigenvalue weighted by Crippen LogP contribution is 2.24. The molecular weight excluding hydrogens is 230 g/mol. The smallest absolute Gasteiger partial charge is 0.266 e. The Morgan fingerprint density at radius 1 is 1.28 bits per heavy atom. The van der Waals surface area contributed by atoms with E-state index in [0.29, 0.717) is 22.5 Å². The number of nitrogens with zero attached hydrogens (tertiary/aromatic N) is 2. The van der Waals surface area contributed by atoms with E-state index in [1.54, 1.807) is 37.3 Å². The predicted molar refractivity (Wildman–Crippen MR) is 67.4 cm³/mol. The van der Waals surface area contributed by atoms with Gasteiger partial charge in [-0.25, -0.2) is 0 Å². The minimum absolute atomic E-state index is 0.0624. The van der Waals surface area contributed by atoms with Crippen LogP contribution in [0.1, 0.15) is 11.3 Å². The molecule has 1 N–H and O–H groups in total. The first-order valence-corrected chi connectivity index (χ1v) is 5.23. The monoisotopic (exact) mass is 239 g/mol. The van der Waals surface area contributed by atoms with Crippen LogP contribution in [0.4, 0.5) is 5.69 Å². The van der Waals surface area contributed by atoms with Gasteiger partial charge in [0, 0.05) is 11.3 Å². The van der Waals surface area contributed by atoms with Crippen LogP contribution in [0, 0.1) is 23.2 Å². The first kappa shape index (κ1) is 11.7. The van der Waals surface area contributed by atoms with Gasteiger partial charge in [0.1, 0.15) is 17.3 Å². The molecule has 2 aromatic rings. The van der Waals surface area contributed by atoms with E-state index >= 15 is 0 Å². The number of hydrogen-bond donors (Lipinski definition) is 1. The van der Waals surface area contributed by atoms with Crippen LogP contribution in [0.15, 0.2) is 40.3 Å². The van der Waals surface area contributed by atoms with E-state index < -0.39 is 5.56 Å². The van der Waals surface area contributed by atoms with Gasteiger partial charge in [0.05, 0.1) is 0 Å². The summed E-state index contributed by atoms with van der Waals surface area (Å²) >= 11 is 0. The molecule has 0 spiro atoms. The van der Waals surface area contributed by atoms with Crippen molar-refractivity contribution in [2.75, 3.05) is 0 Å². The summed E-state index contributed by atoms with van der Waals surface area (Å²) in [6.45, 7) is 1.74. The Morgan fingerprint density at radius 2 is 1.94 bits per heavy atom. The number of nitrogens with one attached hydrogen (secondary N) is 1. The second-order valence-electron chi connectivity index (χ2n) is 3.82. The Kier molecular flexibility index (Phi) is 3.02. The molecule has 0 bridgehead atoms. The summed E-state index contributed by atoms with van der Waals surface area (Å²) in [5.74, 6) is 0. The van der Waals surface area contributed by atoms with Crippen LogP contribution in [-0.4, -0.2) is 4.98 Å². The molecule has 0 radical (unpaired) electrons. The molecule has 0 fully saturated rings. The van der Waals surface area contributed by atoms with Gasteiger partial charge in [0.15, 0.2) is 0 Å². The fourth-order valence-electron chi connectivity index (χ4n) is 1.73. The molecule has 0 atom stereocenters. The Bertz CT molecular complexity index is 694. The van der Waals surface area contributed by atoms with Crippen LogP contribution in [0.5, 0.6) is 0 Å². The van der Waals surface area contributed by atoms with Crippen molar-refractivity contribution in [1.82, 2.24) is 4.98 Å². The number of hydrogen-bond acceptors (Lipinski definition) is 4. The van der Waals surface area contributed by atoms with Gasteiger partial charge in [-0.2, -0.15) is 5.26 Å². The molecular formula is C13H9N3O2. The molecule has 0 saturated heterocycles. The standard InChI is InChI=1S/C13H9N3O2/c1-8-6-11(12(7-14)13(17)15-8)9-2-4-10(16-18)5-3-9/h2-6H,1H3,(H,15,17). The Balaban J connectivity index is 2.66. The van der Waals surface area contributed by atoms with Gasteiger partial charge in [0.25, 0.3) is 5.56 Å². The van der Waals surface area contributed by atoms with Crippen molar-refractivity contribution in [1.29, 1.82) is 5.26 Å². The number of aromatic nitrogens is 1.